The highest BCUT2D eigenvalue weighted by molar-refractivity contribution is 5.91. The van der Waals surface area contributed by atoms with Crippen LogP contribution in [-0.2, 0) is 17.9 Å². The van der Waals surface area contributed by atoms with Crippen molar-refractivity contribution < 1.29 is 9.69 Å². The van der Waals surface area contributed by atoms with Gasteiger partial charge in [-0.25, -0.2) is 4.68 Å². The smallest absolute Gasteiger partial charge is 0.244 e. The Bertz CT molecular complexity index is 942. The highest BCUT2D eigenvalue weighted by Crippen LogP contribution is 2.09. The molecule has 5 heteroatoms. The summed E-state index contributed by atoms with van der Waals surface area (Å²) in [5, 5.41) is 7.34. The number of benzene rings is 2. The van der Waals surface area contributed by atoms with E-state index in [4.69, 9.17) is 0 Å². The van der Waals surface area contributed by atoms with Crippen molar-refractivity contribution >= 4 is 12.0 Å². The lowest BCUT2D eigenvalue weighted by atomic mass is 10.1. The van der Waals surface area contributed by atoms with Crippen molar-refractivity contribution in [2.45, 2.75) is 26.9 Å². The number of rotatable bonds is 9. The number of hydrogen-bond donors (Lipinski definition) is 2. The molecule has 0 saturated carbocycles. The average Bonchev–Trinajstić information content (AvgIpc) is 3.25. The van der Waals surface area contributed by atoms with Gasteiger partial charge in [0.05, 0.1) is 25.0 Å². The molecule has 3 rings (SSSR count). The second-order valence-corrected chi connectivity index (χ2v) is 7.01. The van der Waals surface area contributed by atoms with Crippen LogP contribution in [0.25, 0.3) is 11.8 Å². The molecular formula is C24H29N4O+. The summed E-state index contributed by atoms with van der Waals surface area (Å²) in [6.45, 7) is 8.10. The quantitative estimate of drug-likeness (QED) is 0.553. The van der Waals surface area contributed by atoms with Crippen LogP contribution in [0, 0.1) is 0 Å². The lowest BCUT2D eigenvalue weighted by Crippen LogP contribution is -3.10. The van der Waals surface area contributed by atoms with Crippen molar-refractivity contribution in [3.05, 3.63) is 89.8 Å². The molecule has 0 unspecified atom stereocenters. The number of carbonyl (C=O) groups excluding carboxylic acids is 1. The molecule has 2 aromatic carbocycles. The first-order chi connectivity index (χ1) is 14.2. The van der Waals surface area contributed by atoms with Crippen LogP contribution >= 0.6 is 0 Å². The molecule has 1 heterocycles. The zero-order valence-electron chi connectivity index (χ0n) is 17.1. The van der Waals surface area contributed by atoms with Gasteiger partial charge in [-0.15, -0.1) is 0 Å². The van der Waals surface area contributed by atoms with Crippen molar-refractivity contribution in [2.75, 3.05) is 13.1 Å². The number of aromatic nitrogens is 2. The van der Waals surface area contributed by atoms with Gasteiger partial charge < -0.3 is 10.2 Å². The third-order valence-electron chi connectivity index (χ3n) is 5.06. The maximum atomic E-state index is 12.3. The van der Waals surface area contributed by atoms with E-state index < -0.39 is 0 Å². The van der Waals surface area contributed by atoms with E-state index in [1.807, 2.05) is 42.6 Å². The second kappa shape index (κ2) is 10.4. The molecule has 0 atom stereocenters. The van der Waals surface area contributed by atoms with E-state index in [-0.39, 0.29) is 5.91 Å². The van der Waals surface area contributed by atoms with E-state index in [0.29, 0.717) is 6.54 Å². The van der Waals surface area contributed by atoms with E-state index >= 15 is 0 Å². The standard InChI is InChI=1S/C24H28N4O/c1-3-27(4-2)19-22-11-9-8-10-21(22)17-25-24(29)15-14-20-16-26-28(18-20)23-12-6-5-7-13-23/h5-16,18H,3-4,17,19H2,1-2H3,(H,25,29)/p+1/b15-14+. The Labute approximate surface area is 172 Å². The summed E-state index contributed by atoms with van der Waals surface area (Å²) >= 11 is 0. The minimum absolute atomic E-state index is 0.109. The van der Waals surface area contributed by atoms with E-state index in [9.17, 15) is 4.79 Å². The molecule has 0 fully saturated rings. The van der Waals surface area contributed by atoms with Crippen LogP contribution in [0.5, 0.6) is 0 Å². The van der Waals surface area contributed by atoms with Crippen LogP contribution in [-0.4, -0.2) is 28.8 Å². The lowest BCUT2D eigenvalue weighted by Gasteiger charge is -2.17. The third kappa shape index (κ3) is 5.90. The maximum absolute atomic E-state index is 12.3. The van der Waals surface area contributed by atoms with Gasteiger partial charge in [-0.1, -0.05) is 42.5 Å². The van der Waals surface area contributed by atoms with Gasteiger partial charge in [0.25, 0.3) is 0 Å². The Hall–Kier alpha value is -3.18. The topological polar surface area (TPSA) is 51.4 Å². The van der Waals surface area contributed by atoms with Gasteiger partial charge in [-0.2, -0.15) is 5.10 Å². The van der Waals surface area contributed by atoms with Crippen molar-refractivity contribution in [1.82, 2.24) is 15.1 Å². The molecular weight excluding hydrogens is 360 g/mol. The maximum Gasteiger partial charge on any atom is 0.244 e. The van der Waals surface area contributed by atoms with Gasteiger partial charge in [0.15, 0.2) is 0 Å². The van der Waals surface area contributed by atoms with Crippen LogP contribution in [0.4, 0.5) is 0 Å². The normalized spacial score (nSPS) is 11.3. The Morgan fingerprint density at radius 2 is 1.72 bits per heavy atom. The van der Waals surface area contributed by atoms with Crippen LogP contribution in [0.15, 0.2) is 73.1 Å². The van der Waals surface area contributed by atoms with E-state index in [0.717, 1.165) is 30.9 Å². The first kappa shape index (κ1) is 20.6. The highest BCUT2D eigenvalue weighted by Gasteiger charge is 2.09. The van der Waals surface area contributed by atoms with Crippen LogP contribution in [0.1, 0.15) is 30.5 Å². The summed E-state index contributed by atoms with van der Waals surface area (Å²) in [5.41, 5.74) is 4.34. The fraction of sp³-hybridized carbons (Fsp3) is 0.250. The van der Waals surface area contributed by atoms with E-state index in [1.165, 1.54) is 16.0 Å². The number of amides is 1. The average molecular weight is 390 g/mol. The van der Waals surface area contributed by atoms with E-state index in [2.05, 4.69) is 42.5 Å². The Kier molecular flexibility index (Phi) is 7.36. The monoisotopic (exact) mass is 389 g/mol. The molecule has 0 bridgehead atoms. The predicted molar refractivity (Wildman–Crippen MR) is 117 cm³/mol. The van der Waals surface area contributed by atoms with Crippen molar-refractivity contribution in [2.24, 2.45) is 0 Å². The van der Waals surface area contributed by atoms with Crippen molar-refractivity contribution in [3.8, 4) is 5.69 Å². The molecule has 5 nitrogen and oxygen atoms in total. The predicted octanol–water partition coefficient (Wildman–Crippen LogP) is 2.63. The fourth-order valence-electron chi connectivity index (χ4n) is 3.23. The molecule has 0 aliphatic rings. The Balaban J connectivity index is 1.57. The summed E-state index contributed by atoms with van der Waals surface area (Å²) in [6, 6.07) is 18.2. The Morgan fingerprint density at radius 3 is 2.45 bits per heavy atom. The summed E-state index contributed by atoms with van der Waals surface area (Å²) in [4.78, 5) is 13.8. The number of nitrogens with one attached hydrogen (secondary N) is 2. The van der Waals surface area contributed by atoms with Gasteiger partial charge in [0.1, 0.15) is 6.54 Å². The molecule has 1 aromatic heterocycles. The molecule has 0 spiro atoms. The third-order valence-corrected chi connectivity index (χ3v) is 5.06. The largest absolute Gasteiger partial charge is 0.348 e. The molecule has 29 heavy (non-hydrogen) atoms. The summed E-state index contributed by atoms with van der Waals surface area (Å²) in [7, 11) is 0. The van der Waals surface area contributed by atoms with Crippen molar-refractivity contribution in [1.29, 1.82) is 0 Å². The van der Waals surface area contributed by atoms with Gasteiger partial charge >= 0.3 is 0 Å². The van der Waals surface area contributed by atoms with Crippen molar-refractivity contribution in [3.63, 3.8) is 0 Å². The molecule has 2 N–H and O–H groups in total. The molecule has 0 radical (unpaired) electrons. The number of carbonyl (C=O) groups is 1. The SMILES string of the molecule is CC[NH+](CC)Cc1ccccc1CNC(=O)/C=C/c1cnn(-c2ccccc2)c1. The molecule has 1 amide bonds. The lowest BCUT2D eigenvalue weighted by molar-refractivity contribution is -0.910. The first-order valence-corrected chi connectivity index (χ1v) is 10.2. The zero-order chi connectivity index (χ0) is 20.5. The minimum atomic E-state index is -0.109. The summed E-state index contributed by atoms with van der Waals surface area (Å²) in [6.07, 6.45) is 7.00. The zero-order valence-corrected chi connectivity index (χ0v) is 17.1. The molecule has 3 aromatic rings. The van der Waals surface area contributed by atoms with Crippen LogP contribution < -0.4 is 10.2 Å². The van der Waals surface area contributed by atoms with Gasteiger partial charge in [-0.3, -0.25) is 4.79 Å². The Morgan fingerprint density at radius 1 is 1.03 bits per heavy atom. The van der Waals surface area contributed by atoms with Gasteiger partial charge in [0, 0.05) is 29.9 Å². The van der Waals surface area contributed by atoms with E-state index in [1.54, 1.807) is 23.0 Å². The second-order valence-electron chi connectivity index (χ2n) is 7.01. The minimum Gasteiger partial charge on any atom is -0.348 e. The number of nitrogens with zero attached hydrogens (tertiary/aromatic N) is 2. The van der Waals surface area contributed by atoms with Crippen LogP contribution in [0.2, 0.25) is 0 Å². The summed E-state index contributed by atoms with van der Waals surface area (Å²) < 4.78 is 1.80. The molecule has 150 valence electrons. The highest BCUT2D eigenvalue weighted by atomic mass is 16.1. The van der Waals surface area contributed by atoms with Crippen LogP contribution in [0.3, 0.4) is 0 Å². The number of hydrogen-bond acceptors (Lipinski definition) is 2. The summed E-state index contributed by atoms with van der Waals surface area (Å²) in [5.74, 6) is -0.109. The fourth-order valence-corrected chi connectivity index (χ4v) is 3.23. The number of para-hydroxylation sites is 1. The molecule has 0 saturated heterocycles. The number of quaternary nitrogens is 1. The molecule has 0 aliphatic carbocycles. The first-order valence-electron chi connectivity index (χ1n) is 10.2. The molecule has 0 aliphatic heterocycles. The van der Waals surface area contributed by atoms with Gasteiger partial charge in [0.2, 0.25) is 5.91 Å². The van der Waals surface area contributed by atoms with Gasteiger partial charge in [-0.05, 0) is 37.6 Å².